The molecule has 23 heavy (non-hydrogen) atoms. The van der Waals surface area contributed by atoms with Crippen LogP contribution in [0.5, 0.6) is 0 Å². The number of hydrogen-bond donors (Lipinski definition) is 2. The van der Waals surface area contributed by atoms with Gasteiger partial charge < -0.3 is 15.5 Å². The predicted molar refractivity (Wildman–Crippen MR) is 94.4 cm³/mol. The second-order valence-electron chi connectivity index (χ2n) is 7.94. The topological polar surface area (TPSA) is 44.4 Å². The van der Waals surface area contributed by atoms with Gasteiger partial charge in [0.1, 0.15) is 0 Å². The number of carbonyl (C=O) groups excluding carboxylic acids is 1. The molecule has 2 aliphatic heterocycles. The van der Waals surface area contributed by atoms with Gasteiger partial charge in [-0.1, -0.05) is 19.3 Å². The van der Waals surface area contributed by atoms with Gasteiger partial charge in [0.05, 0.1) is 0 Å². The lowest BCUT2D eigenvalue weighted by Gasteiger charge is -2.34. The number of amides is 1. The summed E-state index contributed by atoms with van der Waals surface area (Å²) in [5.41, 5.74) is 0. The molecular weight excluding hydrogens is 286 g/mol. The number of rotatable bonds is 5. The lowest BCUT2D eigenvalue weighted by atomic mass is 9.88. The average molecular weight is 322 g/mol. The van der Waals surface area contributed by atoms with E-state index in [1.807, 2.05) is 0 Å². The van der Waals surface area contributed by atoms with Gasteiger partial charge in [0.25, 0.3) is 0 Å². The molecule has 3 aliphatic rings. The Hall–Kier alpha value is -0.610. The number of likely N-dealkylation sites (tertiary alicyclic amines) is 1. The number of piperidine rings is 2. The van der Waals surface area contributed by atoms with Gasteiger partial charge in [-0.3, -0.25) is 4.79 Å². The van der Waals surface area contributed by atoms with Crippen molar-refractivity contribution in [1.82, 2.24) is 15.5 Å². The molecule has 0 aromatic heterocycles. The summed E-state index contributed by atoms with van der Waals surface area (Å²) in [5, 5.41) is 6.79. The van der Waals surface area contributed by atoms with E-state index in [0.717, 1.165) is 31.6 Å². The van der Waals surface area contributed by atoms with Gasteiger partial charge in [-0.25, -0.2) is 0 Å². The summed E-state index contributed by atoms with van der Waals surface area (Å²) in [6.45, 7) is 6.01. The van der Waals surface area contributed by atoms with E-state index in [1.165, 1.54) is 71.2 Å². The van der Waals surface area contributed by atoms with E-state index in [4.69, 9.17) is 0 Å². The minimum Gasteiger partial charge on any atom is -0.353 e. The fourth-order valence-corrected chi connectivity index (χ4v) is 4.52. The molecule has 2 saturated heterocycles. The van der Waals surface area contributed by atoms with E-state index in [1.54, 1.807) is 0 Å². The van der Waals surface area contributed by atoms with Crippen LogP contribution >= 0.6 is 0 Å². The maximum absolute atomic E-state index is 12.3. The van der Waals surface area contributed by atoms with Crippen LogP contribution in [0.3, 0.4) is 0 Å². The number of nitrogens with one attached hydrogen (secondary N) is 2. The summed E-state index contributed by atoms with van der Waals surface area (Å²) in [6, 6.07) is 0.430. The van der Waals surface area contributed by atoms with Crippen molar-refractivity contribution in [2.24, 2.45) is 11.8 Å². The van der Waals surface area contributed by atoms with Gasteiger partial charge in [-0.05, 0) is 70.5 Å². The molecule has 2 N–H and O–H groups in total. The van der Waals surface area contributed by atoms with Crippen LogP contribution in [0, 0.1) is 11.8 Å². The molecule has 0 spiro atoms. The minimum atomic E-state index is 0.307. The summed E-state index contributed by atoms with van der Waals surface area (Å²) < 4.78 is 0. The highest BCUT2D eigenvalue weighted by Crippen LogP contribution is 2.24. The lowest BCUT2D eigenvalue weighted by Crippen LogP contribution is -2.47. The fourth-order valence-electron chi connectivity index (χ4n) is 4.52. The standard InChI is InChI=1S/C19H35N3O/c23-19(17-4-2-1-3-5-17)21-18-9-14-22(15-10-18)13-8-16-6-11-20-12-7-16/h16-18,20H,1-15H2,(H,21,23). The van der Waals surface area contributed by atoms with Crippen molar-refractivity contribution in [1.29, 1.82) is 0 Å². The second-order valence-corrected chi connectivity index (χ2v) is 7.94. The van der Waals surface area contributed by atoms with Crippen LogP contribution in [0.15, 0.2) is 0 Å². The summed E-state index contributed by atoms with van der Waals surface area (Å²) >= 11 is 0. The van der Waals surface area contributed by atoms with Crippen molar-refractivity contribution in [2.75, 3.05) is 32.7 Å². The molecule has 1 amide bonds. The van der Waals surface area contributed by atoms with E-state index in [-0.39, 0.29) is 0 Å². The van der Waals surface area contributed by atoms with Crippen LogP contribution in [-0.4, -0.2) is 49.6 Å². The van der Waals surface area contributed by atoms with Crippen molar-refractivity contribution < 1.29 is 4.79 Å². The maximum Gasteiger partial charge on any atom is 0.223 e. The number of nitrogens with zero attached hydrogens (tertiary/aromatic N) is 1. The number of hydrogen-bond acceptors (Lipinski definition) is 3. The first-order valence-corrected chi connectivity index (χ1v) is 10.0. The zero-order valence-corrected chi connectivity index (χ0v) is 14.7. The third-order valence-electron chi connectivity index (χ3n) is 6.22. The molecule has 0 bridgehead atoms. The third kappa shape index (κ3) is 5.46. The van der Waals surface area contributed by atoms with Crippen molar-refractivity contribution >= 4 is 5.91 Å². The Morgan fingerprint density at radius 2 is 1.65 bits per heavy atom. The summed E-state index contributed by atoms with van der Waals surface area (Å²) in [5.74, 6) is 1.58. The minimum absolute atomic E-state index is 0.307. The third-order valence-corrected chi connectivity index (χ3v) is 6.22. The van der Waals surface area contributed by atoms with Gasteiger partial charge in [-0.15, -0.1) is 0 Å². The molecule has 1 aliphatic carbocycles. The Bertz CT molecular complexity index is 354. The Kier molecular flexibility index (Phi) is 6.76. The maximum atomic E-state index is 12.3. The first kappa shape index (κ1) is 17.2. The molecule has 0 aromatic carbocycles. The van der Waals surface area contributed by atoms with Crippen molar-refractivity contribution in [2.45, 2.75) is 70.3 Å². The second kappa shape index (κ2) is 9.03. The zero-order chi connectivity index (χ0) is 15.9. The molecule has 0 atom stereocenters. The van der Waals surface area contributed by atoms with Gasteiger partial charge in [0.2, 0.25) is 5.91 Å². The molecular formula is C19H35N3O. The van der Waals surface area contributed by atoms with E-state index in [0.29, 0.717) is 17.9 Å². The molecule has 3 rings (SSSR count). The van der Waals surface area contributed by atoms with E-state index in [9.17, 15) is 4.79 Å². The smallest absolute Gasteiger partial charge is 0.223 e. The predicted octanol–water partition coefficient (Wildman–Crippen LogP) is 2.54. The monoisotopic (exact) mass is 321 g/mol. The van der Waals surface area contributed by atoms with Gasteiger partial charge in [-0.2, -0.15) is 0 Å². The quantitative estimate of drug-likeness (QED) is 0.818. The van der Waals surface area contributed by atoms with Crippen molar-refractivity contribution in [3.63, 3.8) is 0 Å². The molecule has 0 aromatic rings. The molecule has 4 heteroatoms. The average Bonchev–Trinajstić information content (AvgIpc) is 2.63. The fraction of sp³-hybridized carbons (Fsp3) is 0.947. The normalized spacial score (nSPS) is 26.3. The highest BCUT2D eigenvalue weighted by molar-refractivity contribution is 5.79. The Morgan fingerprint density at radius 1 is 0.957 bits per heavy atom. The van der Waals surface area contributed by atoms with Gasteiger partial charge in [0, 0.05) is 25.0 Å². The summed E-state index contributed by atoms with van der Waals surface area (Å²) in [4.78, 5) is 15.0. The SMILES string of the molecule is O=C(NC1CCN(CCC2CCNCC2)CC1)C1CCCCC1. The molecule has 0 radical (unpaired) electrons. The van der Waals surface area contributed by atoms with Crippen LogP contribution in [0.4, 0.5) is 0 Å². The van der Waals surface area contributed by atoms with E-state index in [2.05, 4.69) is 15.5 Å². The lowest BCUT2D eigenvalue weighted by molar-refractivity contribution is -0.127. The highest BCUT2D eigenvalue weighted by Gasteiger charge is 2.26. The Labute approximate surface area is 141 Å². The summed E-state index contributed by atoms with van der Waals surface area (Å²) in [7, 11) is 0. The van der Waals surface area contributed by atoms with Crippen LogP contribution < -0.4 is 10.6 Å². The van der Waals surface area contributed by atoms with Crippen LogP contribution in [-0.2, 0) is 4.79 Å². The Morgan fingerprint density at radius 3 is 2.35 bits per heavy atom. The molecule has 0 unspecified atom stereocenters. The molecule has 3 fully saturated rings. The zero-order valence-electron chi connectivity index (χ0n) is 14.7. The van der Waals surface area contributed by atoms with Crippen molar-refractivity contribution in [3.8, 4) is 0 Å². The number of carbonyl (C=O) groups is 1. The van der Waals surface area contributed by atoms with Crippen LogP contribution in [0.25, 0.3) is 0 Å². The largest absolute Gasteiger partial charge is 0.353 e. The van der Waals surface area contributed by atoms with E-state index >= 15 is 0 Å². The first-order valence-electron chi connectivity index (χ1n) is 10.0. The first-order chi connectivity index (χ1) is 11.3. The Balaban J connectivity index is 1.31. The molecule has 1 saturated carbocycles. The van der Waals surface area contributed by atoms with Crippen molar-refractivity contribution in [3.05, 3.63) is 0 Å². The summed E-state index contributed by atoms with van der Waals surface area (Å²) in [6.07, 6.45) is 12.4. The van der Waals surface area contributed by atoms with E-state index < -0.39 is 0 Å². The molecule has 4 nitrogen and oxygen atoms in total. The van der Waals surface area contributed by atoms with Gasteiger partial charge >= 0.3 is 0 Å². The highest BCUT2D eigenvalue weighted by atomic mass is 16.1. The van der Waals surface area contributed by atoms with Crippen LogP contribution in [0.2, 0.25) is 0 Å². The van der Waals surface area contributed by atoms with Gasteiger partial charge in [0.15, 0.2) is 0 Å². The molecule has 2 heterocycles. The molecule has 132 valence electrons. The van der Waals surface area contributed by atoms with Crippen LogP contribution in [0.1, 0.15) is 64.2 Å².